The van der Waals surface area contributed by atoms with Crippen LogP contribution in [0.3, 0.4) is 0 Å². The van der Waals surface area contributed by atoms with Crippen molar-refractivity contribution in [3.63, 3.8) is 0 Å². The monoisotopic (exact) mass is 331 g/mol. The van der Waals surface area contributed by atoms with Gasteiger partial charge in [0.2, 0.25) is 0 Å². The van der Waals surface area contributed by atoms with Crippen molar-refractivity contribution in [2.75, 3.05) is 18.5 Å². The van der Waals surface area contributed by atoms with Gasteiger partial charge in [0.15, 0.2) is 0 Å². The average Bonchev–Trinajstić information content (AvgIpc) is 2.84. The Labute approximate surface area is 138 Å². The lowest BCUT2D eigenvalue weighted by atomic mass is 9.97. The van der Waals surface area contributed by atoms with Gasteiger partial charge in [0.25, 0.3) is 11.7 Å². The van der Waals surface area contributed by atoms with E-state index in [1.54, 1.807) is 32.0 Å². The molecule has 0 saturated heterocycles. The van der Waals surface area contributed by atoms with Gasteiger partial charge in [-0.1, -0.05) is 11.6 Å². The van der Waals surface area contributed by atoms with Gasteiger partial charge in [-0.2, -0.15) is 0 Å². The van der Waals surface area contributed by atoms with Crippen LogP contribution in [-0.4, -0.2) is 36.8 Å². The molecule has 0 saturated carbocycles. The standard InChI is InChI=1S/C17H17NO6/c1-4-23-16(21)13(14(19)17(22)24-5-2)12-10-8-9(3)6-7-11(10)18-15(12)20/h6-8H,4-5H2,1-3H3,(H,18,20)/b13-12+. The second kappa shape index (κ2) is 7.08. The van der Waals surface area contributed by atoms with Crippen LogP contribution in [0.5, 0.6) is 0 Å². The lowest BCUT2D eigenvalue weighted by molar-refractivity contribution is -0.153. The SMILES string of the molecule is CCOC(=O)C(=O)/C(C(=O)OCC)=C1\C(=O)Nc2ccc(C)cc21. The van der Waals surface area contributed by atoms with Crippen LogP contribution in [-0.2, 0) is 28.7 Å². The predicted molar refractivity (Wildman–Crippen MR) is 85.0 cm³/mol. The van der Waals surface area contributed by atoms with E-state index in [2.05, 4.69) is 10.1 Å². The van der Waals surface area contributed by atoms with Crippen molar-refractivity contribution in [1.29, 1.82) is 0 Å². The van der Waals surface area contributed by atoms with Gasteiger partial charge in [0, 0.05) is 11.3 Å². The first-order valence-electron chi connectivity index (χ1n) is 7.45. The largest absolute Gasteiger partial charge is 0.462 e. The molecule has 0 radical (unpaired) electrons. The highest BCUT2D eigenvalue weighted by atomic mass is 16.5. The maximum Gasteiger partial charge on any atom is 0.379 e. The van der Waals surface area contributed by atoms with Gasteiger partial charge in [0.1, 0.15) is 5.57 Å². The van der Waals surface area contributed by atoms with Gasteiger partial charge in [-0.05, 0) is 32.9 Å². The van der Waals surface area contributed by atoms with Gasteiger partial charge in [0.05, 0.1) is 18.8 Å². The van der Waals surface area contributed by atoms with Gasteiger partial charge in [-0.3, -0.25) is 9.59 Å². The van der Waals surface area contributed by atoms with Gasteiger partial charge in [-0.15, -0.1) is 0 Å². The Morgan fingerprint density at radius 3 is 2.29 bits per heavy atom. The van der Waals surface area contributed by atoms with E-state index < -0.39 is 29.2 Å². The summed E-state index contributed by atoms with van der Waals surface area (Å²) in [7, 11) is 0. The van der Waals surface area contributed by atoms with E-state index in [0.717, 1.165) is 5.56 Å². The Kier molecular flexibility index (Phi) is 5.13. The lowest BCUT2D eigenvalue weighted by Gasteiger charge is -2.09. The number of benzene rings is 1. The minimum absolute atomic E-state index is 0.00594. The summed E-state index contributed by atoms with van der Waals surface area (Å²) in [5.41, 5.74) is 0.872. The second-order valence-corrected chi connectivity index (χ2v) is 5.02. The van der Waals surface area contributed by atoms with Crippen LogP contribution in [0, 0.1) is 6.92 Å². The van der Waals surface area contributed by atoms with Crippen LogP contribution in [0.1, 0.15) is 25.0 Å². The van der Waals surface area contributed by atoms with Crippen LogP contribution < -0.4 is 5.32 Å². The molecule has 7 heteroatoms. The maximum absolute atomic E-state index is 12.4. The number of esters is 2. The third kappa shape index (κ3) is 3.19. The van der Waals surface area contributed by atoms with Crippen molar-refractivity contribution < 1.29 is 28.7 Å². The lowest BCUT2D eigenvalue weighted by Crippen LogP contribution is -2.27. The Morgan fingerprint density at radius 2 is 1.67 bits per heavy atom. The molecular formula is C17H17NO6. The zero-order valence-electron chi connectivity index (χ0n) is 13.6. The molecule has 1 aliphatic rings. The third-order valence-corrected chi connectivity index (χ3v) is 3.34. The molecule has 0 bridgehead atoms. The summed E-state index contributed by atoms with van der Waals surface area (Å²) < 4.78 is 9.51. The van der Waals surface area contributed by atoms with Gasteiger partial charge >= 0.3 is 11.9 Å². The van der Waals surface area contributed by atoms with Gasteiger partial charge in [-0.25, -0.2) is 9.59 Å². The highest BCUT2D eigenvalue weighted by molar-refractivity contribution is 6.53. The first-order chi connectivity index (χ1) is 11.4. The van der Waals surface area contributed by atoms with Crippen molar-refractivity contribution in [2.24, 2.45) is 0 Å². The van der Waals surface area contributed by atoms with Crippen LogP contribution in [0.15, 0.2) is 23.8 Å². The van der Waals surface area contributed by atoms with E-state index in [1.165, 1.54) is 6.92 Å². The second-order valence-electron chi connectivity index (χ2n) is 5.02. The quantitative estimate of drug-likeness (QED) is 0.288. The van der Waals surface area contributed by atoms with E-state index in [4.69, 9.17) is 4.74 Å². The van der Waals surface area contributed by atoms with E-state index >= 15 is 0 Å². The number of hydrogen-bond donors (Lipinski definition) is 1. The summed E-state index contributed by atoms with van der Waals surface area (Å²) in [6.45, 7) is 4.86. The molecule has 1 aliphatic heterocycles. The molecule has 0 aliphatic carbocycles. The number of amides is 1. The predicted octanol–water partition coefficient (Wildman–Crippen LogP) is 1.40. The maximum atomic E-state index is 12.4. The minimum Gasteiger partial charge on any atom is -0.462 e. The Balaban J connectivity index is 2.66. The summed E-state index contributed by atoms with van der Waals surface area (Å²) in [5.74, 6) is -4.08. The van der Waals surface area contributed by atoms with E-state index in [1.807, 2.05) is 0 Å². The summed E-state index contributed by atoms with van der Waals surface area (Å²) in [4.78, 5) is 48.7. The van der Waals surface area contributed by atoms with Crippen LogP contribution in [0.2, 0.25) is 0 Å². The highest BCUT2D eigenvalue weighted by Crippen LogP contribution is 2.35. The Morgan fingerprint density at radius 1 is 1.04 bits per heavy atom. The molecule has 2 rings (SSSR count). The first kappa shape index (κ1) is 17.4. The number of ether oxygens (including phenoxy) is 2. The summed E-state index contributed by atoms with van der Waals surface area (Å²) in [6, 6.07) is 5.09. The number of Topliss-reactive ketones (excluding diaryl/α,β-unsaturated/α-hetero) is 1. The first-order valence-corrected chi connectivity index (χ1v) is 7.45. The van der Waals surface area contributed by atoms with Crippen molar-refractivity contribution in [3.8, 4) is 0 Å². The van der Waals surface area contributed by atoms with Gasteiger partial charge < -0.3 is 14.8 Å². The van der Waals surface area contributed by atoms with E-state index in [9.17, 15) is 19.2 Å². The number of ketones is 1. The fraction of sp³-hybridized carbons (Fsp3) is 0.294. The van der Waals surface area contributed by atoms with Crippen molar-refractivity contribution in [3.05, 3.63) is 34.9 Å². The molecule has 0 spiro atoms. The zero-order chi connectivity index (χ0) is 17.9. The molecule has 1 amide bonds. The van der Waals surface area contributed by atoms with Crippen molar-refractivity contribution in [2.45, 2.75) is 20.8 Å². The van der Waals surface area contributed by atoms with Crippen LogP contribution in [0.25, 0.3) is 5.57 Å². The molecular weight excluding hydrogens is 314 g/mol. The molecule has 0 aromatic heterocycles. The number of carbonyl (C=O) groups is 4. The molecule has 1 heterocycles. The molecule has 0 unspecified atom stereocenters. The topological polar surface area (TPSA) is 98.8 Å². The van der Waals surface area contributed by atoms with E-state index in [0.29, 0.717) is 11.3 Å². The number of rotatable bonds is 5. The number of nitrogens with one attached hydrogen (secondary N) is 1. The number of fused-ring (bicyclic) bond motifs is 1. The fourth-order valence-electron chi connectivity index (χ4n) is 2.34. The molecule has 24 heavy (non-hydrogen) atoms. The summed E-state index contributed by atoms with van der Waals surface area (Å²) >= 11 is 0. The van der Waals surface area contributed by atoms with Crippen LogP contribution >= 0.6 is 0 Å². The summed E-state index contributed by atoms with van der Waals surface area (Å²) in [6.07, 6.45) is 0. The van der Waals surface area contributed by atoms with Crippen LogP contribution in [0.4, 0.5) is 5.69 Å². The Hall–Kier alpha value is -2.96. The smallest absolute Gasteiger partial charge is 0.379 e. The number of hydrogen-bond acceptors (Lipinski definition) is 6. The highest BCUT2D eigenvalue weighted by Gasteiger charge is 2.37. The zero-order valence-corrected chi connectivity index (χ0v) is 13.6. The third-order valence-electron chi connectivity index (χ3n) is 3.34. The average molecular weight is 331 g/mol. The van der Waals surface area contributed by atoms with Crippen molar-refractivity contribution >= 4 is 34.9 Å². The molecule has 1 aromatic carbocycles. The molecule has 1 N–H and O–H groups in total. The normalized spacial score (nSPS) is 14.5. The molecule has 126 valence electrons. The molecule has 0 atom stereocenters. The number of aryl methyl sites for hydroxylation is 1. The van der Waals surface area contributed by atoms with Crippen molar-refractivity contribution in [1.82, 2.24) is 0 Å². The van der Waals surface area contributed by atoms with E-state index in [-0.39, 0.29) is 18.8 Å². The number of anilines is 1. The fourth-order valence-corrected chi connectivity index (χ4v) is 2.34. The minimum atomic E-state index is -1.21. The Bertz CT molecular complexity index is 762. The summed E-state index contributed by atoms with van der Waals surface area (Å²) in [5, 5.41) is 2.57. The molecule has 0 fully saturated rings. The molecule has 7 nitrogen and oxygen atoms in total. The number of carbonyl (C=O) groups excluding carboxylic acids is 4. The molecule has 1 aromatic rings.